The van der Waals surface area contributed by atoms with E-state index in [9.17, 15) is 0 Å². The van der Waals surface area contributed by atoms with Gasteiger partial charge in [-0.25, -0.2) is 0 Å². The Morgan fingerprint density at radius 1 is 1.21 bits per heavy atom. The fourth-order valence-corrected chi connectivity index (χ4v) is 3.31. The molecule has 0 aromatic heterocycles. The molecular formula is C18H25N. The highest BCUT2D eigenvalue weighted by atomic mass is 14.3. The lowest BCUT2D eigenvalue weighted by molar-refractivity contribution is 0.217. The van der Waals surface area contributed by atoms with Crippen LogP contribution in [0.1, 0.15) is 57.1 Å². The van der Waals surface area contributed by atoms with E-state index in [-0.39, 0.29) is 0 Å². The molecular weight excluding hydrogens is 230 g/mol. The molecule has 1 saturated carbocycles. The highest BCUT2D eigenvalue weighted by Gasteiger charge is 2.22. The first-order chi connectivity index (χ1) is 9.19. The number of aryl methyl sites for hydroxylation is 1. The van der Waals surface area contributed by atoms with Crippen molar-refractivity contribution in [2.45, 2.75) is 52.4 Å². The molecule has 1 aromatic carbocycles. The van der Waals surface area contributed by atoms with Gasteiger partial charge in [0.1, 0.15) is 0 Å². The number of hydrogen-bond donors (Lipinski definition) is 0. The second kappa shape index (κ2) is 6.75. The van der Waals surface area contributed by atoms with Crippen molar-refractivity contribution in [1.82, 2.24) is 0 Å². The first kappa shape index (κ1) is 14.1. The van der Waals surface area contributed by atoms with E-state index < -0.39 is 0 Å². The van der Waals surface area contributed by atoms with Gasteiger partial charge in [0.05, 0.1) is 11.6 Å². The third-order valence-corrected chi connectivity index (χ3v) is 4.73. The largest absolute Gasteiger partial charge is 0.192 e. The third kappa shape index (κ3) is 4.10. The van der Waals surface area contributed by atoms with Crippen LogP contribution in [0.3, 0.4) is 0 Å². The summed E-state index contributed by atoms with van der Waals surface area (Å²) in [6.45, 7) is 4.72. The highest BCUT2D eigenvalue weighted by Crippen LogP contribution is 2.35. The van der Waals surface area contributed by atoms with Gasteiger partial charge in [0.15, 0.2) is 0 Å². The van der Waals surface area contributed by atoms with Crippen molar-refractivity contribution in [3.05, 3.63) is 35.4 Å². The van der Waals surface area contributed by atoms with Gasteiger partial charge in [-0.2, -0.15) is 5.26 Å². The fourth-order valence-electron chi connectivity index (χ4n) is 3.31. The van der Waals surface area contributed by atoms with Crippen molar-refractivity contribution in [1.29, 1.82) is 5.26 Å². The highest BCUT2D eigenvalue weighted by molar-refractivity contribution is 5.32. The molecule has 19 heavy (non-hydrogen) atoms. The normalized spacial score (nSPS) is 23.3. The molecule has 0 atom stereocenters. The van der Waals surface area contributed by atoms with Crippen LogP contribution in [0.25, 0.3) is 0 Å². The minimum atomic E-state index is 0.793. The Labute approximate surface area is 117 Å². The monoisotopic (exact) mass is 255 g/mol. The summed E-state index contributed by atoms with van der Waals surface area (Å²) in [5, 5.41) is 8.91. The van der Waals surface area contributed by atoms with Gasteiger partial charge < -0.3 is 0 Å². The lowest BCUT2D eigenvalue weighted by Crippen LogP contribution is -2.18. The third-order valence-electron chi connectivity index (χ3n) is 4.73. The molecule has 102 valence electrons. The lowest BCUT2D eigenvalue weighted by atomic mass is 9.75. The van der Waals surface area contributed by atoms with Gasteiger partial charge in [-0.05, 0) is 61.1 Å². The molecule has 1 heteroatoms. The molecule has 0 unspecified atom stereocenters. The van der Waals surface area contributed by atoms with Crippen LogP contribution < -0.4 is 0 Å². The Balaban J connectivity index is 1.79. The molecule has 1 aliphatic rings. The predicted octanol–water partition coefficient (Wildman–Crippen LogP) is 4.95. The van der Waals surface area contributed by atoms with Crippen LogP contribution >= 0.6 is 0 Å². The Morgan fingerprint density at radius 2 is 1.95 bits per heavy atom. The quantitative estimate of drug-likeness (QED) is 0.746. The molecule has 1 fully saturated rings. The van der Waals surface area contributed by atoms with Crippen molar-refractivity contribution in [2.24, 2.45) is 17.8 Å². The van der Waals surface area contributed by atoms with E-state index in [1.807, 2.05) is 18.2 Å². The predicted molar refractivity (Wildman–Crippen MR) is 79.8 cm³/mol. The number of hydrogen-bond acceptors (Lipinski definition) is 1. The SMILES string of the molecule is CC(C)C1CCC(CCc2cccc(C#N)c2)CC1. The summed E-state index contributed by atoms with van der Waals surface area (Å²) >= 11 is 0. The second-order valence-electron chi connectivity index (χ2n) is 6.38. The van der Waals surface area contributed by atoms with Crippen LogP contribution in [0.4, 0.5) is 0 Å². The van der Waals surface area contributed by atoms with Gasteiger partial charge in [0.25, 0.3) is 0 Å². The standard InChI is InChI=1S/C18H25N/c1-14(2)18-10-8-15(9-11-18)6-7-16-4-3-5-17(12-16)13-19/h3-5,12,14-15,18H,6-11H2,1-2H3. The molecule has 0 amide bonds. The summed E-state index contributed by atoms with van der Waals surface area (Å²) < 4.78 is 0. The summed E-state index contributed by atoms with van der Waals surface area (Å²) in [6.07, 6.45) is 8.06. The maximum atomic E-state index is 8.91. The smallest absolute Gasteiger partial charge is 0.0991 e. The number of benzene rings is 1. The van der Waals surface area contributed by atoms with Crippen LogP contribution in [-0.2, 0) is 6.42 Å². The van der Waals surface area contributed by atoms with Crippen LogP contribution in [0.15, 0.2) is 24.3 Å². The molecule has 0 saturated heterocycles. The zero-order valence-electron chi connectivity index (χ0n) is 12.2. The number of rotatable bonds is 4. The Kier molecular flexibility index (Phi) is 5.02. The summed E-state index contributed by atoms with van der Waals surface area (Å²) in [7, 11) is 0. The molecule has 0 bridgehead atoms. The van der Waals surface area contributed by atoms with Crippen molar-refractivity contribution in [3.8, 4) is 6.07 Å². The van der Waals surface area contributed by atoms with E-state index in [1.165, 1.54) is 37.7 Å². The molecule has 0 aliphatic heterocycles. The number of nitrogens with zero attached hydrogens (tertiary/aromatic N) is 1. The van der Waals surface area contributed by atoms with Gasteiger partial charge in [-0.1, -0.05) is 38.8 Å². The van der Waals surface area contributed by atoms with E-state index in [0.29, 0.717) is 0 Å². The molecule has 2 rings (SSSR count). The maximum Gasteiger partial charge on any atom is 0.0991 e. The minimum Gasteiger partial charge on any atom is -0.192 e. The zero-order valence-corrected chi connectivity index (χ0v) is 12.2. The first-order valence-electron chi connectivity index (χ1n) is 7.68. The van der Waals surface area contributed by atoms with Crippen LogP contribution in [0.5, 0.6) is 0 Å². The minimum absolute atomic E-state index is 0.793. The maximum absolute atomic E-state index is 8.91. The average molecular weight is 255 g/mol. The van der Waals surface area contributed by atoms with Crippen molar-refractivity contribution >= 4 is 0 Å². The van der Waals surface area contributed by atoms with E-state index in [1.54, 1.807) is 0 Å². The summed E-state index contributed by atoms with van der Waals surface area (Å²) in [5.41, 5.74) is 2.12. The molecule has 0 radical (unpaired) electrons. The molecule has 0 spiro atoms. The Bertz CT molecular complexity index is 433. The van der Waals surface area contributed by atoms with Gasteiger partial charge in [-0.3, -0.25) is 0 Å². The second-order valence-corrected chi connectivity index (χ2v) is 6.38. The summed E-state index contributed by atoms with van der Waals surface area (Å²) in [5.74, 6) is 2.71. The van der Waals surface area contributed by atoms with Crippen molar-refractivity contribution in [2.75, 3.05) is 0 Å². The Morgan fingerprint density at radius 3 is 2.58 bits per heavy atom. The van der Waals surface area contributed by atoms with Crippen molar-refractivity contribution in [3.63, 3.8) is 0 Å². The zero-order chi connectivity index (χ0) is 13.7. The molecule has 1 aromatic rings. The molecule has 1 nitrogen and oxygen atoms in total. The number of nitriles is 1. The molecule has 0 N–H and O–H groups in total. The van der Waals surface area contributed by atoms with Gasteiger partial charge in [0.2, 0.25) is 0 Å². The molecule has 1 aliphatic carbocycles. The van der Waals surface area contributed by atoms with Gasteiger partial charge in [0, 0.05) is 0 Å². The van der Waals surface area contributed by atoms with Crippen molar-refractivity contribution < 1.29 is 0 Å². The summed E-state index contributed by atoms with van der Waals surface area (Å²) in [6, 6.07) is 10.3. The van der Waals surface area contributed by atoms with E-state index in [2.05, 4.69) is 26.0 Å². The average Bonchev–Trinajstić information content (AvgIpc) is 2.46. The topological polar surface area (TPSA) is 23.8 Å². The van der Waals surface area contributed by atoms with E-state index >= 15 is 0 Å². The Hall–Kier alpha value is -1.29. The van der Waals surface area contributed by atoms with E-state index in [0.717, 1.165) is 29.7 Å². The summed E-state index contributed by atoms with van der Waals surface area (Å²) in [4.78, 5) is 0. The fraction of sp³-hybridized carbons (Fsp3) is 0.611. The molecule has 0 heterocycles. The van der Waals surface area contributed by atoms with Gasteiger partial charge >= 0.3 is 0 Å². The van der Waals surface area contributed by atoms with Crippen LogP contribution in [-0.4, -0.2) is 0 Å². The van der Waals surface area contributed by atoms with Crippen LogP contribution in [0.2, 0.25) is 0 Å². The first-order valence-corrected chi connectivity index (χ1v) is 7.68. The lowest BCUT2D eigenvalue weighted by Gasteiger charge is -2.30. The van der Waals surface area contributed by atoms with Crippen LogP contribution in [0, 0.1) is 29.1 Å². The van der Waals surface area contributed by atoms with Gasteiger partial charge in [-0.15, -0.1) is 0 Å². The van der Waals surface area contributed by atoms with E-state index in [4.69, 9.17) is 5.26 Å².